The molecule has 2 nitrogen and oxygen atoms in total. The second kappa shape index (κ2) is 6.62. The van der Waals surface area contributed by atoms with Crippen LogP contribution >= 0.6 is 11.8 Å². The molecule has 1 aliphatic heterocycles. The number of rotatable bonds is 4. The van der Waals surface area contributed by atoms with E-state index in [0.29, 0.717) is 0 Å². The van der Waals surface area contributed by atoms with Crippen LogP contribution in [-0.2, 0) is 4.74 Å². The molecule has 0 aliphatic carbocycles. The summed E-state index contributed by atoms with van der Waals surface area (Å²) in [7, 11) is 0. The van der Waals surface area contributed by atoms with Crippen LogP contribution < -0.4 is 0 Å². The molecule has 0 aromatic heterocycles. The molecule has 1 saturated heterocycles. The maximum atomic E-state index is 5.92. The highest BCUT2D eigenvalue weighted by Crippen LogP contribution is 2.25. The van der Waals surface area contributed by atoms with Crippen molar-refractivity contribution in [3.63, 3.8) is 0 Å². The molecule has 102 valence electrons. The van der Waals surface area contributed by atoms with Gasteiger partial charge in [-0.25, -0.2) is 4.99 Å². The molecule has 20 heavy (non-hydrogen) atoms. The van der Waals surface area contributed by atoms with Crippen LogP contribution in [0, 0.1) is 0 Å². The molecular weight excluding hydrogens is 266 g/mol. The Morgan fingerprint density at radius 2 is 1.70 bits per heavy atom. The summed E-state index contributed by atoms with van der Waals surface area (Å²) in [5.74, 6) is 1.85. The summed E-state index contributed by atoms with van der Waals surface area (Å²) in [5, 5.41) is 0. The van der Waals surface area contributed by atoms with E-state index in [0.717, 1.165) is 30.2 Å². The summed E-state index contributed by atoms with van der Waals surface area (Å²) in [6.07, 6.45) is 2.28. The van der Waals surface area contributed by atoms with Crippen LogP contribution in [-0.4, -0.2) is 17.8 Å². The number of hydrogen-bond donors (Lipinski definition) is 0. The van der Waals surface area contributed by atoms with Crippen molar-refractivity contribution in [1.29, 1.82) is 0 Å². The maximum Gasteiger partial charge on any atom is 0.188 e. The average molecular weight is 283 g/mol. The molecule has 0 amide bonds. The van der Waals surface area contributed by atoms with E-state index < -0.39 is 0 Å². The van der Waals surface area contributed by atoms with Crippen molar-refractivity contribution >= 4 is 23.3 Å². The first-order chi connectivity index (χ1) is 9.90. The Hall–Kier alpha value is -1.74. The van der Waals surface area contributed by atoms with E-state index in [4.69, 9.17) is 4.74 Å². The van der Waals surface area contributed by atoms with Gasteiger partial charge >= 0.3 is 0 Å². The van der Waals surface area contributed by atoms with Crippen LogP contribution in [0.5, 0.6) is 0 Å². The van der Waals surface area contributed by atoms with Crippen molar-refractivity contribution in [3.8, 4) is 0 Å². The molecule has 1 heterocycles. The lowest BCUT2D eigenvalue weighted by atomic mass is 10.2. The quantitative estimate of drug-likeness (QED) is 0.759. The van der Waals surface area contributed by atoms with E-state index in [1.54, 1.807) is 0 Å². The van der Waals surface area contributed by atoms with Gasteiger partial charge in [0.2, 0.25) is 0 Å². The number of ether oxygens (including phenoxy) is 1. The van der Waals surface area contributed by atoms with Gasteiger partial charge in [-0.2, -0.15) is 0 Å². The summed E-state index contributed by atoms with van der Waals surface area (Å²) in [6.45, 7) is 0. The second-order valence-electron chi connectivity index (χ2n) is 4.74. The number of nitrogens with zero attached hydrogens (tertiary/aromatic N) is 1. The van der Waals surface area contributed by atoms with Crippen LogP contribution in [0.1, 0.15) is 12.8 Å². The largest absolute Gasteiger partial charge is 0.477 e. The minimum Gasteiger partial charge on any atom is -0.477 e. The zero-order chi connectivity index (χ0) is 13.6. The molecule has 3 heteroatoms. The normalized spacial score (nSPS) is 20.0. The van der Waals surface area contributed by atoms with Gasteiger partial charge in [0.25, 0.3) is 0 Å². The number of hydrogen-bond acceptors (Lipinski definition) is 3. The van der Waals surface area contributed by atoms with Crippen LogP contribution in [0.2, 0.25) is 0 Å². The van der Waals surface area contributed by atoms with Crippen molar-refractivity contribution in [2.75, 3.05) is 5.75 Å². The molecule has 1 atom stereocenters. The number of para-hydroxylation sites is 1. The van der Waals surface area contributed by atoms with E-state index in [2.05, 4.69) is 29.3 Å². The Morgan fingerprint density at radius 3 is 2.45 bits per heavy atom. The zero-order valence-corrected chi connectivity index (χ0v) is 12.1. The van der Waals surface area contributed by atoms with Gasteiger partial charge in [-0.3, -0.25) is 0 Å². The fraction of sp³-hybridized carbons (Fsp3) is 0.235. The van der Waals surface area contributed by atoms with Crippen LogP contribution in [0.4, 0.5) is 5.69 Å². The molecule has 2 aromatic rings. The molecule has 3 rings (SSSR count). The monoisotopic (exact) mass is 283 g/mol. The molecule has 1 aliphatic rings. The van der Waals surface area contributed by atoms with E-state index >= 15 is 0 Å². The lowest BCUT2D eigenvalue weighted by Crippen LogP contribution is -2.09. The summed E-state index contributed by atoms with van der Waals surface area (Å²) in [4.78, 5) is 5.84. The fourth-order valence-electron chi connectivity index (χ4n) is 2.15. The predicted molar refractivity (Wildman–Crippen MR) is 84.8 cm³/mol. The number of aliphatic imine (C=N–C) groups is 1. The third kappa shape index (κ3) is 3.64. The SMILES string of the molecule is c1ccc(N=C2CCC(CSc3ccccc3)O2)cc1. The Morgan fingerprint density at radius 1 is 1.00 bits per heavy atom. The minimum absolute atomic E-state index is 0.280. The summed E-state index contributed by atoms with van der Waals surface area (Å²) < 4.78 is 5.92. The second-order valence-corrected chi connectivity index (χ2v) is 5.84. The van der Waals surface area contributed by atoms with Crippen LogP contribution in [0.15, 0.2) is 70.6 Å². The van der Waals surface area contributed by atoms with E-state index in [9.17, 15) is 0 Å². The molecule has 0 bridgehead atoms. The Kier molecular flexibility index (Phi) is 4.38. The zero-order valence-electron chi connectivity index (χ0n) is 11.2. The van der Waals surface area contributed by atoms with Gasteiger partial charge < -0.3 is 4.74 Å². The van der Waals surface area contributed by atoms with Gasteiger partial charge in [0.15, 0.2) is 5.90 Å². The first-order valence-corrected chi connectivity index (χ1v) is 7.86. The Balaban J connectivity index is 1.54. The molecule has 0 spiro atoms. The smallest absolute Gasteiger partial charge is 0.188 e. The van der Waals surface area contributed by atoms with Crippen LogP contribution in [0.3, 0.4) is 0 Å². The summed E-state index contributed by atoms with van der Waals surface area (Å²) >= 11 is 1.85. The first kappa shape index (κ1) is 13.3. The van der Waals surface area contributed by atoms with Crippen molar-refractivity contribution in [2.45, 2.75) is 23.8 Å². The van der Waals surface area contributed by atoms with Gasteiger partial charge in [0, 0.05) is 17.1 Å². The fourth-order valence-corrected chi connectivity index (χ4v) is 3.11. The summed E-state index contributed by atoms with van der Waals surface area (Å²) in [6, 6.07) is 20.5. The average Bonchev–Trinajstić information content (AvgIpc) is 2.95. The van der Waals surface area contributed by atoms with Gasteiger partial charge in [-0.05, 0) is 30.7 Å². The third-order valence-corrected chi connectivity index (χ3v) is 4.32. The molecule has 1 fully saturated rings. The molecule has 0 saturated carbocycles. The maximum absolute atomic E-state index is 5.92. The van der Waals surface area contributed by atoms with Crippen LogP contribution in [0.25, 0.3) is 0 Å². The van der Waals surface area contributed by atoms with Gasteiger partial charge in [0.05, 0.1) is 5.69 Å². The Labute approximate surface area is 123 Å². The van der Waals surface area contributed by atoms with Crippen molar-refractivity contribution in [1.82, 2.24) is 0 Å². The predicted octanol–water partition coefficient (Wildman–Crippen LogP) is 4.69. The molecule has 0 N–H and O–H groups in total. The number of benzene rings is 2. The topological polar surface area (TPSA) is 21.6 Å². The standard InChI is InChI=1S/C17H17NOS/c1-3-7-14(8-4-1)18-17-12-11-15(19-17)13-20-16-9-5-2-6-10-16/h1-10,15H,11-13H2. The highest BCUT2D eigenvalue weighted by atomic mass is 32.2. The molecule has 1 unspecified atom stereocenters. The first-order valence-electron chi connectivity index (χ1n) is 6.87. The third-order valence-electron chi connectivity index (χ3n) is 3.17. The highest BCUT2D eigenvalue weighted by molar-refractivity contribution is 7.99. The minimum atomic E-state index is 0.280. The van der Waals surface area contributed by atoms with Crippen molar-refractivity contribution in [2.24, 2.45) is 4.99 Å². The van der Waals surface area contributed by atoms with E-state index in [1.165, 1.54) is 4.90 Å². The van der Waals surface area contributed by atoms with E-state index in [1.807, 2.05) is 48.2 Å². The lowest BCUT2D eigenvalue weighted by Gasteiger charge is -2.09. The molecule has 2 aromatic carbocycles. The van der Waals surface area contributed by atoms with E-state index in [-0.39, 0.29) is 6.10 Å². The molecule has 0 radical (unpaired) electrons. The van der Waals surface area contributed by atoms with Crippen molar-refractivity contribution in [3.05, 3.63) is 60.7 Å². The summed E-state index contributed by atoms with van der Waals surface area (Å²) in [5.41, 5.74) is 0.971. The number of thioether (sulfide) groups is 1. The van der Waals surface area contributed by atoms with Crippen molar-refractivity contribution < 1.29 is 4.74 Å². The Bertz CT molecular complexity index is 568. The van der Waals surface area contributed by atoms with Gasteiger partial charge in [-0.1, -0.05) is 36.4 Å². The lowest BCUT2D eigenvalue weighted by molar-refractivity contribution is 0.245. The highest BCUT2D eigenvalue weighted by Gasteiger charge is 2.21. The van der Waals surface area contributed by atoms with Gasteiger partial charge in [0.1, 0.15) is 6.10 Å². The molecular formula is C17H17NOS. The van der Waals surface area contributed by atoms with Gasteiger partial charge in [-0.15, -0.1) is 11.8 Å².